The second-order valence-electron chi connectivity index (χ2n) is 6.96. The van der Waals surface area contributed by atoms with Gasteiger partial charge in [0, 0.05) is 32.7 Å². The van der Waals surface area contributed by atoms with Gasteiger partial charge in [0.25, 0.3) is 0 Å². The van der Waals surface area contributed by atoms with E-state index in [0.717, 1.165) is 23.5 Å². The van der Waals surface area contributed by atoms with Crippen molar-refractivity contribution < 1.29 is 13.2 Å². The number of nitrogens with zero attached hydrogens (tertiary/aromatic N) is 5. The number of anilines is 1. The molecule has 3 heterocycles. The minimum atomic E-state index is -3.37. The van der Waals surface area contributed by atoms with Crippen LogP contribution in [0.3, 0.4) is 0 Å². The van der Waals surface area contributed by atoms with Gasteiger partial charge in [-0.1, -0.05) is 0 Å². The van der Waals surface area contributed by atoms with Crippen LogP contribution < -0.4 is 4.90 Å². The van der Waals surface area contributed by atoms with Gasteiger partial charge in [0.1, 0.15) is 17.7 Å². The zero-order valence-corrected chi connectivity index (χ0v) is 16.0. The predicted octanol–water partition coefficient (Wildman–Crippen LogP) is 0.160. The van der Waals surface area contributed by atoms with Gasteiger partial charge in [-0.25, -0.2) is 18.4 Å². The molecule has 1 atom stereocenters. The van der Waals surface area contributed by atoms with Crippen molar-refractivity contribution in [3.8, 4) is 0 Å². The van der Waals surface area contributed by atoms with Crippen LogP contribution in [0.5, 0.6) is 0 Å². The molecule has 3 rings (SSSR count). The van der Waals surface area contributed by atoms with E-state index < -0.39 is 16.1 Å². The molecule has 1 aromatic heterocycles. The number of hydrogen-bond donors (Lipinski definition) is 0. The van der Waals surface area contributed by atoms with Gasteiger partial charge in [-0.2, -0.15) is 4.31 Å². The van der Waals surface area contributed by atoms with E-state index in [1.54, 1.807) is 4.90 Å². The number of carbonyl (C=O) groups is 1. The zero-order chi connectivity index (χ0) is 18.4. The molecule has 1 saturated heterocycles. The third-order valence-corrected chi connectivity index (χ3v) is 6.09. The monoisotopic (exact) mass is 367 g/mol. The van der Waals surface area contributed by atoms with Gasteiger partial charge in [0.05, 0.1) is 18.5 Å². The Morgan fingerprint density at radius 1 is 1.24 bits per heavy atom. The van der Waals surface area contributed by atoms with Gasteiger partial charge in [0.15, 0.2) is 0 Å². The van der Waals surface area contributed by atoms with Crippen molar-refractivity contribution in [2.75, 3.05) is 38.3 Å². The Kier molecular flexibility index (Phi) is 4.72. The molecule has 1 amide bonds. The number of carbonyl (C=O) groups excluding carboxylic acids is 1. The number of sulfonamides is 1. The summed E-state index contributed by atoms with van der Waals surface area (Å²) in [6.45, 7) is 3.24. The number of fused-ring (bicyclic) bond motifs is 1. The van der Waals surface area contributed by atoms with E-state index in [1.807, 2.05) is 25.9 Å². The largest absolute Gasteiger partial charge is 0.362 e. The third-order valence-electron chi connectivity index (χ3n) is 4.81. The van der Waals surface area contributed by atoms with Crippen LogP contribution in [-0.2, 0) is 27.8 Å². The van der Waals surface area contributed by atoms with Gasteiger partial charge in [-0.05, 0) is 26.2 Å². The van der Waals surface area contributed by atoms with Gasteiger partial charge >= 0.3 is 0 Å². The van der Waals surface area contributed by atoms with Crippen LogP contribution in [0.1, 0.15) is 29.9 Å². The summed E-state index contributed by atoms with van der Waals surface area (Å²) >= 11 is 0. The Bertz CT molecular complexity index is 793. The quantitative estimate of drug-likeness (QED) is 0.756. The SMILES string of the molecule is Cc1nc2c(c(N(C)C)n1)CCN(C(=O)C1CCCN1S(C)(=O)=O)C2. The summed E-state index contributed by atoms with van der Waals surface area (Å²) in [7, 11) is 0.526. The van der Waals surface area contributed by atoms with Crippen molar-refractivity contribution >= 4 is 21.7 Å². The lowest BCUT2D eigenvalue weighted by Gasteiger charge is -2.33. The molecule has 1 unspecified atom stereocenters. The fraction of sp³-hybridized carbons (Fsp3) is 0.688. The first-order valence-corrected chi connectivity index (χ1v) is 10.3. The second kappa shape index (κ2) is 6.53. The third kappa shape index (κ3) is 3.48. The van der Waals surface area contributed by atoms with Crippen LogP contribution in [0.15, 0.2) is 0 Å². The highest BCUT2D eigenvalue weighted by Crippen LogP contribution is 2.28. The highest BCUT2D eigenvalue weighted by molar-refractivity contribution is 7.88. The summed E-state index contributed by atoms with van der Waals surface area (Å²) in [6.07, 6.45) is 3.16. The normalized spacial score (nSPS) is 21.3. The maximum atomic E-state index is 12.9. The van der Waals surface area contributed by atoms with E-state index in [1.165, 1.54) is 10.6 Å². The van der Waals surface area contributed by atoms with Crippen LogP contribution in [0, 0.1) is 6.92 Å². The van der Waals surface area contributed by atoms with Gasteiger partial charge in [0.2, 0.25) is 15.9 Å². The summed E-state index contributed by atoms with van der Waals surface area (Å²) in [4.78, 5) is 25.7. The Balaban J connectivity index is 1.84. The molecule has 0 radical (unpaired) electrons. The number of aryl methyl sites for hydroxylation is 1. The molecule has 9 heteroatoms. The maximum Gasteiger partial charge on any atom is 0.241 e. The molecular weight excluding hydrogens is 342 g/mol. The zero-order valence-electron chi connectivity index (χ0n) is 15.2. The molecule has 0 saturated carbocycles. The highest BCUT2D eigenvalue weighted by atomic mass is 32.2. The minimum Gasteiger partial charge on any atom is -0.362 e. The molecular formula is C16H25N5O3S. The van der Waals surface area contributed by atoms with E-state index in [-0.39, 0.29) is 5.91 Å². The van der Waals surface area contributed by atoms with Crippen LogP contribution in [0.4, 0.5) is 5.82 Å². The molecule has 25 heavy (non-hydrogen) atoms. The van der Waals surface area contributed by atoms with Crippen molar-refractivity contribution in [1.29, 1.82) is 0 Å². The van der Waals surface area contributed by atoms with E-state index >= 15 is 0 Å². The average molecular weight is 367 g/mol. The molecule has 0 aromatic carbocycles. The van der Waals surface area contributed by atoms with Crippen molar-refractivity contribution in [3.63, 3.8) is 0 Å². The number of amides is 1. The first-order valence-electron chi connectivity index (χ1n) is 8.48. The minimum absolute atomic E-state index is 0.115. The number of aromatic nitrogens is 2. The molecule has 1 fully saturated rings. The molecule has 2 aliphatic rings. The molecule has 0 spiro atoms. The van der Waals surface area contributed by atoms with Crippen LogP contribution in [0.2, 0.25) is 0 Å². The van der Waals surface area contributed by atoms with Gasteiger partial charge in [-0.3, -0.25) is 4.79 Å². The van der Waals surface area contributed by atoms with Crippen LogP contribution in [0.25, 0.3) is 0 Å². The summed E-state index contributed by atoms with van der Waals surface area (Å²) in [5.74, 6) is 1.46. The molecule has 1 aromatic rings. The Morgan fingerprint density at radius 3 is 2.60 bits per heavy atom. The van der Waals surface area contributed by atoms with E-state index in [0.29, 0.717) is 38.3 Å². The lowest BCUT2D eigenvalue weighted by molar-refractivity contribution is -0.135. The highest BCUT2D eigenvalue weighted by Gasteiger charge is 2.39. The Morgan fingerprint density at radius 2 is 1.96 bits per heavy atom. The fourth-order valence-electron chi connectivity index (χ4n) is 3.68. The predicted molar refractivity (Wildman–Crippen MR) is 94.8 cm³/mol. The van der Waals surface area contributed by atoms with E-state index in [4.69, 9.17) is 0 Å². The molecule has 0 N–H and O–H groups in total. The summed E-state index contributed by atoms with van der Waals surface area (Å²) in [6, 6.07) is -0.576. The maximum absolute atomic E-state index is 12.9. The summed E-state index contributed by atoms with van der Waals surface area (Å²) in [5, 5.41) is 0. The van der Waals surface area contributed by atoms with E-state index in [2.05, 4.69) is 9.97 Å². The average Bonchev–Trinajstić information content (AvgIpc) is 3.02. The van der Waals surface area contributed by atoms with Crippen LogP contribution >= 0.6 is 0 Å². The summed E-state index contributed by atoms with van der Waals surface area (Å²) in [5.41, 5.74) is 1.94. The lowest BCUT2D eigenvalue weighted by Crippen LogP contribution is -2.49. The Hall–Kier alpha value is -1.74. The molecule has 8 nitrogen and oxygen atoms in total. The van der Waals surface area contributed by atoms with Crippen molar-refractivity contribution in [2.24, 2.45) is 0 Å². The smallest absolute Gasteiger partial charge is 0.241 e. The van der Waals surface area contributed by atoms with Gasteiger partial charge in [-0.15, -0.1) is 0 Å². The molecule has 138 valence electrons. The number of hydrogen-bond acceptors (Lipinski definition) is 6. The van der Waals surface area contributed by atoms with Gasteiger partial charge < -0.3 is 9.80 Å². The van der Waals surface area contributed by atoms with Crippen LogP contribution in [-0.4, -0.2) is 73.0 Å². The van der Waals surface area contributed by atoms with Crippen molar-refractivity contribution in [1.82, 2.24) is 19.2 Å². The summed E-state index contributed by atoms with van der Waals surface area (Å²) < 4.78 is 25.2. The fourth-order valence-corrected chi connectivity index (χ4v) is 4.80. The Labute approximate surface area is 148 Å². The first-order chi connectivity index (χ1) is 11.7. The van der Waals surface area contributed by atoms with E-state index in [9.17, 15) is 13.2 Å². The topological polar surface area (TPSA) is 86.7 Å². The molecule has 2 aliphatic heterocycles. The second-order valence-corrected chi connectivity index (χ2v) is 8.89. The standard InChI is InChI=1S/C16H25N5O3S/c1-11-17-13-10-20(9-7-12(13)15(18-11)19(2)3)16(22)14-6-5-8-21(14)25(4,23)24/h14H,5-10H2,1-4H3. The first kappa shape index (κ1) is 18.1. The molecule has 0 aliphatic carbocycles. The molecule has 0 bridgehead atoms. The number of rotatable bonds is 3. The van der Waals surface area contributed by atoms with Crippen molar-refractivity contribution in [2.45, 2.75) is 38.8 Å². The van der Waals surface area contributed by atoms with Crippen molar-refractivity contribution in [3.05, 3.63) is 17.1 Å². The lowest BCUT2D eigenvalue weighted by atomic mass is 10.0.